The van der Waals surface area contributed by atoms with Crippen LogP contribution >= 0.6 is 0 Å². The zero-order valence-electron chi connectivity index (χ0n) is 12.2. The van der Waals surface area contributed by atoms with Crippen molar-refractivity contribution in [3.63, 3.8) is 0 Å². The van der Waals surface area contributed by atoms with Crippen molar-refractivity contribution in [1.29, 1.82) is 0 Å². The first-order valence-corrected chi connectivity index (χ1v) is 6.70. The van der Waals surface area contributed by atoms with E-state index in [4.69, 9.17) is 5.84 Å². The minimum atomic E-state index is -0.343. The number of anilines is 1. The Labute approximate surface area is 115 Å². The van der Waals surface area contributed by atoms with E-state index in [0.717, 1.165) is 0 Å². The smallest absolute Gasteiger partial charge is 0.304 e. The predicted octanol–water partition coefficient (Wildman–Crippen LogP) is 0.266. The first kappa shape index (κ1) is 14.3. The zero-order chi connectivity index (χ0) is 15.0. The van der Waals surface area contributed by atoms with Gasteiger partial charge in [0, 0.05) is 19.1 Å². The van der Waals surface area contributed by atoms with E-state index >= 15 is 0 Å². The number of aryl methyl sites for hydroxylation is 1. The lowest BCUT2D eigenvalue weighted by Crippen LogP contribution is -2.40. The van der Waals surface area contributed by atoms with Crippen LogP contribution < -0.4 is 22.5 Å². The van der Waals surface area contributed by atoms with Crippen LogP contribution in [0.5, 0.6) is 0 Å². The lowest BCUT2D eigenvalue weighted by atomic mass is 10.3. The summed E-state index contributed by atoms with van der Waals surface area (Å²) in [4.78, 5) is 29.2. The number of nitrogens with zero attached hydrogens (tertiary/aromatic N) is 4. The van der Waals surface area contributed by atoms with Crippen LogP contribution in [-0.2, 0) is 13.1 Å². The van der Waals surface area contributed by atoms with E-state index in [1.807, 2.05) is 20.8 Å². The van der Waals surface area contributed by atoms with Crippen molar-refractivity contribution < 1.29 is 0 Å². The number of hydrogen-bond acceptors (Lipinski definition) is 5. The maximum Gasteiger partial charge on any atom is 0.332 e. The summed E-state index contributed by atoms with van der Waals surface area (Å²) < 4.78 is 4.42. The van der Waals surface area contributed by atoms with Crippen molar-refractivity contribution in [2.24, 2.45) is 5.84 Å². The molecule has 8 heteroatoms. The molecule has 8 nitrogen and oxygen atoms in total. The third-order valence-electron chi connectivity index (χ3n) is 3.34. The maximum absolute atomic E-state index is 12.5. The molecular formula is C12H20N6O2. The molecule has 0 amide bonds. The Morgan fingerprint density at radius 2 is 1.80 bits per heavy atom. The molecule has 0 fully saturated rings. The molecule has 20 heavy (non-hydrogen) atoms. The average molecular weight is 280 g/mol. The first-order valence-electron chi connectivity index (χ1n) is 6.70. The van der Waals surface area contributed by atoms with Gasteiger partial charge in [-0.1, -0.05) is 0 Å². The minimum Gasteiger partial charge on any atom is -0.304 e. The Balaban J connectivity index is 3.09. The van der Waals surface area contributed by atoms with Crippen LogP contribution in [0.25, 0.3) is 11.2 Å². The Kier molecular flexibility index (Phi) is 3.67. The van der Waals surface area contributed by atoms with Crippen LogP contribution in [0, 0.1) is 0 Å². The van der Waals surface area contributed by atoms with E-state index < -0.39 is 0 Å². The van der Waals surface area contributed by atoms with E-state index in [0.29, 0.717) is 30.2 Å². The quantitative estimate of drug-likeness (QED) is 0.618. The highest BCUT2D eigenvalue weighted by molar-refractivity contribution is 5.74. The summed E-state index contributed by atoms with van der Waals surface area (Å²) in [5.41, 5.74) is 2.57. The van der Waals surface area contributed by atoms with Gasteiger partial charge in [-0.15, -0.1) is 0 Å². The Morgan fingerprint density at radius 1 is 1.20 bits per heavy atom. The molecule has 2 aromatic heterocycles. The Bertz CT molecular complexity index is 752. The summed E-state index contributed by atoms with van der Waals surface area (Å²) in [6.45, 7) is 8.28. The fourth-order valence-electron chi connectivity index (χ4n) is 2.42. The molecule has 0 unspecified atom stereocenters. The van der Waals surface area contributed by atoms with Gasteiger partial charge in [-0.3, -0.25) is 19.4 Å². The lowest BCUT2D eigenvalue weighted by molar-refractivity contribution is 0.532. The zero-order valence-corrected chi connectivity index (χ0v) is 12.2. The number of aromatic nitrogens is 4. The SMILES string of the molecule is CCn1c(=O)c2c(nc(NN)n2CC)n(C(C)C)c1=O. The predicted molar refractivity (Wildman–Crippen MR) is 77.8 cm³/mol. The minimum absolute atomic E-state index is 0.103. The second-order valence-corrected chi connectivity index (χ2v) is 4.79. The summed E-state index contributed by atoms with van der Waals surface area (Å²) in [6.07, 6.45) is 0. The molecule has 0 aliphatic carbocycles. The summed E-state index contributed by atoms with van der Waals surface area (Å²) in [6, 6.07) is -0.103. The van der Waals surface area contributed by atoms with E-state index in [2.05, 4.69) is 10.4 Å². The molecule has 0 aliphatic rings. The fraction of sp³-hybridized carbons (Fsp3) is 0.583. The van der Waals surface area contributed by atoms with Gasteiger partial charge >= 0.3 is 5.69 Å². The van der Waals surface area contributed by atoms with Gasteiger partial charge in [0.2, 0.25) is 5.95 Å². The topological polar surface area (TPSA) is 99.9 Å². The number of hydrazine groups is 1. The van der Waals surface area contributed by atoms with Gasteiger partial charge in [0.1, 0.15) is 0 Å². The van der Waals surface area contributed by atoms with E-state index in [-0.39, 0.29) is 17.3 Å². The third kappa shape index (κ3) is 1.83. The van der Waals surface area contributed by atoms with Crippen LogP contribution in [0.4, 0.5) is 5.95 Å². The van der Waals surface area contributed by atoms with Gasteiger partial charge in [0.15, 0.2) is 11.2 Å². The van der Waals surface area contributed by atoms with E-state index in [1.165, 1.54) is 9.13 Å². The largest absolute Gasteiger partial charge is 0.332 e. The van der Waals surface area contributed by atoms with Crippen LogP contribution in [0.2, 0.25) is 0 Å². The Morgan fingerprint density at radius 3 is 2.25 bits per heavy atom. The molecule has 0 spiro atoms. The third-order valence-corrected chi connectivity index (χ3v) is 3.34. The number of imidazole rings is 1. The van der Waals surface area contributed by atoms with Crippen LogP contribution in [-0.4, -0.2) is 18.7 Å². The molecule has 0 saturated heterocycles. The van der Waals surface area contributed by atoms with E-state index in [9.17, 15) is 9.59 Å². The summed E-state index contributed by atoms with van der Waals surface area (Å²) in [7, 11) is 0. The molecule has 0 saturated carbocycles. The Hall–Kier alpha value is -2.09. The van der Waals surface area contributed by atoms with Crippen molar-refractivity contribution in [3.05, 3.63) is 20.8 Å². The van der Waals surface area contributed by atoms with Gasteiger partial charge in [-0.25, -0.2) is 10.6 Å². The van der Waals surface area contributed by atoms with Crippen molar-refractivity contribution in [2.75, 3.05) is 5.43 Å². The maximum atomic E-state index is 12.5. The molecular weight excluding hydrogens is 260 g/mol. The number of nitrogens with one attached hydrogen (secondary N) is 1. The standard InChI is InChI=1S/C12H20N6O2/c1-5-16-8-9(14-11(16)15-13)18(7(3)4)12(20)17(6-2)10(8)19/h7H,5-6,13H2,1-4H3,(H,14,15). The molecule has 0 atom stereocenters. The number of nitrogens with two attached hydrogens (primary N) is 1. The van der Waals surface area contributed by atoms with Crippen molar-refractivity contribution >= 4 is 17.1 Å². The van der Waals surface area contributed by atoms with Crippen molar-refractivity contribution in [2.45, 2.75) is 46.8 Å². The summed E-state index contributed by atoms with van der Waals surface area (Å²) in [5.74, 6) is 5.82. The molecule has 0 bridgehead atoms. The lowest BCUT2D eigenvalue weighted by Gasteiger charge is -2.13. The summed E-state index contributed by atoms with van der Waals surface area (Å²) >= 11 is 0. The van der Waals surface area contributed by atoms with Crippen LogP contribution in [0.3, 0.4) is 0 Å². The molecule has 110 valence electrons. The van der Waals surface area contributed by atoms with Crippen LogP contribution in [0.1, 0.15) is 33.7 Å². The summed E-state index contributed by atoms with van der Waals surface area (Å²) in [5, 5.41) is 0. The van der Waals surface area contributed by atoms with Crippen LogP contribution in [0.15, 0.2) is 9.59 Å². The molecule has 0 aromatic carbocycles. The molecule has 2 aromatic rings. The highest BCUT2D eigenvalue weighted by Gasteiger charge is 2.21. The molecule has 2 heterocycles. The number of hydrogen-bond donors (Lipinski definition) is 2. The second kappa shape index (κ2) is 5.12. The van der Waals surface area contributed by atoms with Gasteiger partial charge in [-0.2, -0.15) is 4.98 Å². The molecule has 3 N–H and O–H groups in total. The first-order chi connectivity index (χ1) is 9.47. The molecule has 2 rings (SSSR count). The average Bonchev–Trinajstić information content (AvgIpc) is 2.77. The van der Waals surface area contributed by atoms with Gasteiger partial charge in [0.25, 0.3) is 5.56 Å². The number of rotatable bonds is 4. The number of nitrogen functional groups attached to an aromatic ring is 1. The van der Waals surface area contributed by atoms with Gasteiger partial charge in [-0.05, 0) is 27.7 Å². The fourth-order valence-corrected chi connectivity index (χ4v) is 2.42. The van der Waals surface area contributed by atoms with Gasteiger partial charge in [0.05, 0.1) is 0 Å². The molecule has 0 radical (unpaired) electrons. The molecule has 0 aliphatic heterocycles. The van der Waals surface area contributed by atoms with E-state index in [1.54, 1.807) is 11.5 Å². The monoisotopic (exact) mass is 280 g/mol. The van der Waals surface area contributed by atoms with Crippen molar-refractivity contribution in [1.82, 2.24) is 18.7 Å². The number of fused-ring (bicyclic) bond motifs is 1. The van der Waals surface area contributed by atoms with Gasteiger partial charge < -0.3 is 4.57 Å². The normalized spacial score (nSPS) is 11.5. The second-order valence-electron chi connectivity index (χ2n) is 4.79. The highest BCUT2D eigenvalue weighted by Crippen LogP contribution is 2.17. The highest BCUT2D eigenvalue weighted by atomic mass is 16.2. The van der Waals surface area contributed by atoms with Crippen molar-refractivity contribution in [3.8, 4) is 0 Å².